The van der Waals surface area contributed by atoms with Gasteiger partial charge in [0.2, 0.25) is 5.91 Å². The highest BCUT2D eigenvalue weighted by Gasteiger charge is 2.34. The molecule has 0 unspecified atom stereocenters. The van der Waals surface area contributed by atoms with Gasteiger partial charge in [0.05, 0.1) is 17.6 Å². The van der Waals surface area contributed by atoms with Crippen molar-refractivity contribution in [1.82, 2.24) is 20.9 Å². The Morgan fingerprint density at radius 1 is 0.711 bits per heavy atom. The van der Waals surface area contributed by atoms with E-state index >= 15 is 0 Å². The van der Waals surface area contributed by atoms with Gasteiger partial charge in [-0.15, -0.1) is 0 Å². The zero-order valence-corrected chi connectivity index (χ0v) is 26.6. The van der Waals surface area contributed by atoms with Crippen molar-refractivity contribution < 1.29 is 24.6 Å². The second-order valence-corrected chi connectivity index (χ2v) is 11.7. The minimum absolute atomic E-state index is 0.224. The summed E-state index contributed by atoms with van der Waals surface area (Å²) in [6.07, 6.45) is 5.73. The number of hydrogen-bond acceptors (Lipinski definition) is 6. The summed E-state index contributed by atoms with van der Waals surface area (Å²) < 4.78 is 0. The van der Waals surface area contributed by atoms with E-state index in [0.29, 0.717) is 23.5 Å². The molecule has 0 aliphatic carbocycles. The Morgan fingerprint density at radius 2 is 1.31 bits per heavy atom. The number of pyridine rings is 1. The van der Waals surface area contributed by atoms with Crippen molar-refractivity contribution in [2.75, 3.05) is 0 Å². The third kappa shape index (κ3) is 11.4. The Kier molecular flexibility index (Phi) is 14.7. The molecule has 0 bridgehead atoms. The van der Waals surface area contributed by atoms with Crippen molar-refractivity contribution in [2.24, 2.45) is 5.92 Å². The van der Waals surface area contributed by atoms with Crippen molar-refractivity contribution in [2.45, 2.75) is 96.1 Å². The van der Waals surface area contributed by atoms with E-state index in [-0.39, 0.29) is 12.3 Å². The molecular formula is C36H48N4O5. The smallest absolute Gasteiger partial charge is 0.253 e. The molecule has 0 aliphatic rings. The van der Waals surface area contributed by atoms with Gasteiger partial charge in [-0.3, -0.25) is 19.4 Å². The van der Waals surface area contributed by atoms with Gasteiger partial charge in [0.25, 0.3) is 11.8 Å². The van der Waals surface area contributed by atoms with Crippen molar-refractivity contribution in [1.29, 1.82) is 0 Å². The maximum absolute atomic E-state index is 13.9. The molecule has 5 atom stereocenters. The molecule has 45 heavy (non-hydrogen) atoms. The average molecular weight is 617 g/mol. The minimum atomic E-state index is -1.43. The molecule has 1 aromatic heterocycles. The van der Waals surface area contributed by atoms with Crippen LogP contribution in [0.15, 0.2) is 85.2 Å². The molecular weight excluding hydrogens is 568 g/mol. The molecule has 0 radical (unpaired) electrons. The van der Waals surface area contributed by atoms with Crippen molar-refractivity contribution in [3.8, 4) is 0 Å². The number of hydrogen-bond donors (Lipinski definition) is 5. The molecule has 5 N–H and O–H groups in total. The van der Waals surface area contributed by atoms with Crippen molar-refractivity contribution in [3.63, 3.8) is 0 Å². The molecule has 9 heteroatoms. The third-order valence-corrected chi connectivity index (χ3v) is 8.10. The van der Waals surface area contributed by atoms with Crippen LogP contribution in [0, 0.1) is 5.92 Å². The van der Waals surface area contributed by atoms with E-state index in [4.69, 9.17) is 0 Å². The summed E-state index contributed by atoms with van der Waals surface area (Å²) in [6, 6.07) is 18.6. The largest absolute Gasteiger partial charge is 0.388 e. The average Bonchev–Trinajstić information content (AvgIpc) is 3.06. The van der Waals surface area contributed by atoms with Crippen LogP contribution in [-0.4, -0.2) is 63.3 Å². The van der Waals surface area contributed by atoms with Crippen LogP contribution >= 0.6 is 0 Å². The van der Waals surface area contributed by atoms with Gasteiger partial charge in [-0.05, 0) is 61.9 Å². The summed E-state index contributed by atoms with van der Waals surface area (Å²) in [6.45, 7) is 5.89. The van der Waals surface area contributed by atoms with Gasteiger partial charge in [0.15, 0.2) is 0 Å². The first-order valence-electron chi connectivity index (χ1n) is 16.0. The maximum Gasteiger partial charge on any atom is 0.253 e. The fraction of sp³-hybridized carbons (Fsp3) is 0.444. The number of rotatable bonds is 18. The summed E-state index contributed by atoms with van der Waals surface area (Å²) in [5, 5.41) is 31.2. The first-order valence-corrected chi connectivity index (χ1v) is 16.0. The topological polar surface area (TPSA) is 141 Å². The van der Waals surface area contributed by atoms with Gasteiger partial charge in [0.1, 0.15) is 18.2 Å². The molecule has 9 nitrogen and oxygen atoms in total. The lowest BCUT2D eigenvalue weighted by atomic mass is 9.90. The Balaban J connectivity index is 1.81. The van der Waals surface area contributed by atoms with Gasteiger partial charge < -0.3 is 26.2 Å². The third-order valence-electron chi connectivity index (χ3n) is 8.10. The van der Waals surface area contributed by atoms with Gasteiger partial charge in [0, 0.05) is 18.0 Å². The molecule has 0 fully saturated rings. The number of aromatic nitrogens is 1. The Bertz CT molecular complexity index is 1300. The molecule has 3 amide bonds. The highest BCUT2D eigenvalue weighted by molar-refractivity contribution is 5.97. The van der Waals surface area contributed by atoms with E-state index in [0.717, 1.165) is 37.7 Å². The number of benzene rings is 2. The van der Waals surface area contributed by atoms with Crippen LogP contribution in [0.2, 0.25) is 0 Å². The van der Waals surface area contributed by atoms with Crippen LogP contribution in [0.3, 0.4) is 0 Å². The second-order valence-electron chi connectivity index (χ2n) is 11.7. The molecule has 3 aromatic rings. The summed E-state index contributed by atoms with van der Waals surface area (Å²) in [7, 11) is 0. The summed E-state index contributed by atoms with van der Waals surface area (Å²) >= 11 is 0. The summed E-state index contributed by atoms with van der Waals surface area (Å²) in [5.41, 5.74) is 1.61. The minimum Gasteiger partial charge on any atom is -0.388 e. The fourth-order valence-corrected chi connectivity index (χ4v) is 5.57. The van der Waals surface area contributed by atoms with Crippen molar-refractivity contribution >= 4 is 17.7 Å². The maximum atomic E-state index is 13.9. The lowest BCUT2D eigenvalue weighted by Gasteiger charge is -2.32. The normalized spacial score (nSPS) is 14.5. The molecule has 1 heterocycles. The highest BCUT2D eigenvalue weighted by atomic mass is 16.3. The Hall–Kier alpha value is -4.08. The van der Waals surface area contributed by atoms with Gasteiger partial charge in [-0.1, -0.05) is 88.1 Å². The van der Waals surface area contributed by atoms with Crippen LogP contribution < -0.4 is 16.0 Å². The molecule has 0 spiro atoms. The molecule has 2 aromatic carbocycles. The number of aliphatic hydroxyl groups excluding tert-OH is 2. The van der Waals surface area contributed by atoms with E-state index in [9.17, 15) is 24.6 Å². The predicted molar refractivity (Wildman–Crippen MR) is 175 cm³/mol. The number of nitrogens with zero attached hydrogens (tertiary/aromatic N) is 1. The Morgan fingerprint density at radius 3 is 1.91 bits per heavy atom. The fourth-order valence-electron chi connectivity index (χ4n) is 5.57. The van der Waals surface area contributed by atoms with E-state index in [1.807, 2.05) is 30.3 Å². The quantitative estimate of drug-likeness (QED) is 0.143. The highest BCUT2D eigenvalue weighted by Crippen LogP contribution is 2.21. The first-order chi connectivity index (χ1) is 21.7. The van der Waals surface area contributed by atoms with Gasteiger partial charge >= 0.3 is 0 Å². The molecule has 0 saturated carbocycles. The number of carbonyl (C=O) groups is 3. The van der Waals surface area contributed by atoms with Crippen LogP contribution in [0.1, 0.15) is 85.6 Å². The zero-order chi connectivity index (χ0) is 32.6. The van der Waals surface area contributed by atoms with Crippen LogP contribution in [-0.2, 0) is 11.2 Å². The monoisotopic (exact) mass is 616 g/mol. The van der Waals surface area contributed by atoms with Crippen LogP contribution in [0.5, 0.6) is 0 Å². The van der Waals surface area contributed by atoms with Crippen LogP contribution in [0.4, 0.5) is 0 Å². The number of nitrogens with one attached hydrogen (secondary N) is 3. The number of carbonyl (C=O) groups excluding carboxylic acids is 3. The summed E-state index contributed by atoms with van der Waals surface area (Å²) in [5.74, 6) is -0.826. The Labute approximate surface area is 266 Å². The zero-order valence-electron chi connectivity index (χ0n) is 26.6. The first kappa shape index (κ1) is 35.4. The molecule has 3 rings (SSSR count). The summed E-state index contributed by atoms with van der Waals surface area (Å²) in [4.78, 5) is 43.8. The standard InChI is InChI=1S/C36H48N4O5/c1-4-13-26(14-5-2)20-21-30(39-35(44)29-19-12-22-37-24-29)36(45)40-31(23-27-15-8-6-9-16-27)33(42)32(41)25(3)38-34(43)28-17-10-7-11-18-28/h6-12,15-19,22,24-26,30-33,41-42H,4-5,13-14,20-21,23H2,1-3H3,(H,38,43)(H,39,44)(H,40,45)/t25-,30+,31+,32+,33+/m0/s1. The number of aliphatic hydroxyl groups is 2. The molecule has 242 valence electrons. The molecule has 0 aliphatic heterocycles. The van der Waals surface area contributed by atoms with E-state index in [2.05, 4.69) is 34.8 Å². The number of amides is 3. The van der Waals surface area contributed by atoms with Crippen LogP contribution in [0.25, 0.3) is 0 Å². The second kappa shape index (κ2) is 18.7. The van der Waals surface area contributed by atoms with E-state index in [1.165, 1.54) is 6.20 Å². The van der Waals surface area contributed by atoms with Gasteiger partial charge in [-0.2, -0.15) is 0 Å². The van der Waals surface area contributed by atoms with Gasteiger partial charge in [-0.25, -0.2) is 0 Å². The van der Waals surface area contributed by atoms with Crippen molar-refractivity contribution in [3.05, 3.63) is 102 Å². The lowest BCUT2D eigenvalue weighted by molar-refractivity contribution is -0.125. The lowest BCUT2D eigenvalue weighted by Crippen LogP contribution is -2.58. The molecule has 0 saturated heterocycles. The van der Waals surface area contributed by atoms with E-state index in [1.54, 1.807) is 55.6 Å². The SMILES string of the molecule is CCCC(CCC)CC[C@@H](NC(=O)c1cccnc1)C(=O)N[C@H](Cc1ccccc1)[C@@H](O)[C@H](O)[C@H](C)NC(=O)c1ccccc1. The predicted octanol–water partition coefficient (Wildman–Crippen LogP) is 4.44. The van der Waals surface area contributed by atoms with E-state index < -0.39 is 42.1 Å².